The van der Waals surface area contributed by atoms with Crippen molar-refractivity contribution in [2.45, 2.75) is 51.9 Å². The van der Waals surface area contributed by atoms with Crippen molar-refractivity contribution in [3.05, 3.63) is 5.56 Å². The Balaban J connectivity index is 1.84. The molecule has 3 rings (SSSR count). The molecule has 0 amide bonds. The molecule has 2 fully saturated rings. The Labute approximate surface area is 114 Å². The normalized spacial score (nSPS) is 22.7. The van der Waals surface area contributed by atoms with Gasteiger partial charge >= 0.3 is 0 Å². The average Bonchev–Trinajstić information content (AvgIpc) is 3.01. The number of hydrogen-bond acceptors (Lipinski definition) is 4. The molecule has 2 aliphatic rings. The summed E-state index contributed by atoms with van der Waals surface area (Å²) in [6.07, 6.45) is 6.49. The predicted molar refractivity (Wildman–Crippen MR) is 78.3 cm³/mol. The van der Waals surface area contributed by atoms with E-state index in [-0.39, 0.29) is 0 Å². The molecule has 100 valence electrons. The van der Waals surface area contributed by atoms with Gasteiger partial charge in [0.1, 0.15) is 10.8 Å². The third-order valence-corrected chi connectivity index (χ3v) is 5.89. The van der Waals surface area contributed by atoms with Gasteiger partial charge < -0.3 is 10.6 Å². The molecule has 1 aliphatic heterocycles. The van der Waals surface area contributed by atoms with Crippen LogP contribution in [0, 0.1) is 5.41 Å². The Kier molecular flexibility index (Phi) is 3.00. The fraction of sp³-hybridized carbons (Fsp3) is 0.786. The van der Waals surface area contributed by atoms with Gasteiger partial charge in [-0.15, -0.1) is 0 Å². The maximum Gasteiger partial charge on any atom is 0.142 e. The van der Waals surface area contributed by atoms with Gasteiger partial charge in [-0.25, -0.2) is 0 Å². The summed E-state index contributed by atoms with van der Waals surface area (Å²) >= 11 is 1.61. The first-order valence-electron chi connectivity index (χ1n) is 7.19. The van der Waals surface area contributed by atoms with Crippen LogP contribution in [-0.4, -0.2) is 17.5 Å². The van der Waals surface area contributed by atoms with Crippen LogP contribution < -0.4 is 10.6 Å². The van der Waals surface area contributed by atoms with Crippen LogP contribution in [0.3, 0.4) is 0 Å². The van der Waals surface area contributed by atoms with Gasteiger partial charge in [-0.1, -0.05) is 13.8 Å². The van der Waals surface area contributed by atoms with Gasteiger partial charge in [-0.2, -0.15) is 4.37 Å². The lowest BCUT2D eigenvalue weighted by molar-refractivity contribution is 0.301. The minimum absolute atomic E-state index is 0.527. The molecule has 0 radical (unpaired) electrons. The molecule has 18 heavy (non-hydrogen) atoms. The second-order valence-corrected chi connectivity index (χ2v) is 6.69. The lowest BCUT2D eigenvalue weighted by atomic mass is 9.82. The van der Waals surface area contributed by atoms with Crippen molar-refractivity contribution in [1.82, 2.24) is 4.37 Å². The van der Waals surface area contributed by atoms with Crippen LogP contribution >= 0.6 is 11.5 Å². The van der Waals surface area contributed by atoms with E-state index in [2.05, 4.69) is 23.1 Å². The van der Waals surface area contributed by atoms with Crippen molar-refractivity contribution >= 4 is 22.4 Å². The number of aromatic nitrogens is 1. The lowest BCUT2D eigenvalue weighted by Gasteiger charge is -2.26. The van der Waals surface area contributed by atoms with Crippen LogP contribution in [-0.2, 0) is 0 Å². The van der Waals surface area contributed by atoms with Gasteiger partial charge in [-0.05, 0) is 55.0 Å². The summed E-state index contributed by atoms with van der Waals surface area (Å²) in [6, 6.07) is 0. The summed E-state index contributed by atoms with van der Waals surface area (Å²) < 4.78 is 4.40. The van der Waals surface area contributed by atoms with Crippen LogP contribution in [0.2, 0.25) is 0 Å². The molecule has 4 heteroatoms. The summed E-state index contributed by atoms with van der Waals surface area (Å²) in [5, 5.41) is 1.37. The second-order valence-electron chi connectivity index (χ2n) is 5.94. The summed E-state index contributed by atoms with van der Waals surface area (Å²) in [4.78, 5) is 2.55. The smallest absolute Gasteiger partial charge is 0.142 e. The standard InChI is InChI=1S/C14H23N3S/c1-3-14(4-2)7-8-17(9-14)13-11(10-5-6-10)12(15)16-18-13/h10H,3-9H2,1-2H3,(H2,15,16). The van der Waals surface area contributed by atoms with E-state index in [9.17, 15) is 0 Å². The first-order valence-corrected chi connectivity index (χ1v) is 7.96. The quantitative estimate of drug-likeness (QED) is 0.904. The summed E-state index contributed by atoms with van der Waals surface area (Å²) in [6.45, 7) is 7.04. The van der Waals surface area contributed by atoms with Crippen molar-refractivity contribution in [3.63, 3.8) is 0 Å². The molecular formula is C14H23N3S. The number of hydrogen-bond donors (Lipinski definition) is 1. The van der Waals surface area contributed by atoms with E-state index in [1.54, 1.807) is 11.5 Å². The Hall–Kier alpha value is -0.770. The Morgan fingerprint density at radius 3 is 2.67 bits per heavy atom. The van der Waals surface area contributed by atoms with E-state index in [1.807, 2.05) is 0 Å². The molecule has 0 aromatic carbocycles. The molecule has 1 aromatic rings. The molecule has 2 N–H and O–H groups in total. The monoisotopic (exact) mass is 265 g/mol. The van der Waals surface area contributed by atoms with Gasteiger partial charge in [0.05, 0.1) is 0 Å². The summed E-state index contributed by atoms with van der Waals surface area (Å²) in [7, 11) is 0. The highest BCUT2D eigenvalue weighted by molar-refractivity contribution is 7.10. The van der Waals surface area contributed by atoms with Crippen molar-refractivity contribution < 1.29 is 0 Å². The van der Waals surface area contributed by atoms with Crippen LogP contribution in [0.4, 0.5) is 10.8 Å². The third kappa shape index (κ3) is 1.91. The fourth-order valence-electron chi connectivity index (χ4n) is 3.22. The average molecular weight is 265 g/mol. The highest BCUT2D eigenvalue weighted by Gasteiger charge is 2.39. The number of nitrogen functional groups attached to an aromatic ring is 1. The number of nitrogens with zero attached hydrogens (tertiary/aromatic N) is 2. The van der Waals surface area contributed by atoms with Gasteiger partial charge in [-0.3, -0.25) is 0 Å². The van der Waals surface area contributed by atoms with E-state index < -0.39 is 0 Å². The van der Waals surface area contributed by atoms with Crippen molar-refractivity contribution in [2.24, 2.45) is 5.41 Å². The Morgan fingerprint density at radius 2 is 2.11 bits per heavy atom. The zero-order chi connectivity index (χ0) is 12.8. The number of anilines is 2. The third-order valence-electron chi connectivity index (χ3n) is 4.95. The highest BCUT2D eigenvalue weighted by atomic mass is 32.1. The van der Waals surface area contributed by atoms with Gasteiger partial charge in [0.15, 0.2) is 0 Å². The topological polar surface area (TPSA) is 42.2 Å². The van der Waals surface area contributed by atoms with Gasteiger partial charge in [0, 0.05) is 18.7 Å². The molecule has 2 heterocycles. The number of nitrogens with two attached hydrogens (primary N) is 1. The first kappa shape index (κ1) is 12.3. The molecular weight excluding hydrogens is 242 g/mol. The molecule has 0 atom stereocenters. The molecule has 1 aliphatic carbocycles. The molecule has 1 saturated heterocycles. The highest BCUT2D eigenvalue weighted by Crippen LogP contribution is 2.50. The largest absolute Gasteiger partial charge is 0.383 e. The predicted octanol–water partition coefficient (Wildman–Crippen LogP) is 3.62. The maximum atomic E-state index is 6.06. The SMILES string of the molecule is CCC1(CC)CCN(c2snc(N)c2C2CC2)C1. The minimum Gasteiger partial charge on any atom is -0.383 e. The van der Waals surface area contributed by atoms with E-state index in [1.165, 1.54) is 55.8 Å². The van der Waals surface area contributed by atoms with Crippen molar-refractivity contribution in [1.29, 1.82) is 0 Å². The molecule has 0 spiro atoms. The van der Waals surface area contributed by atoms with Gasteiger partial charge in [0.25, 0.3) is 0 Å². The zero-order valence-corrected chi connectivity index (χ0v) is 12.2. The van der Waals surface area contributed by atoms with Crippen LogP contribution in [0.15, 0.2) is 0 Å². The number of rotatable bonds is 4. The lowest BCUT2D eigenvalue weighted by Crippen LogP contribution is -2.26. The van der Waals surface area contributed by atoms with Crippen LogP contribution in [0.5, 0.6) is 0 Å². The first-order chi connectivity index (χ1) is 8.69. The molecule has 1 aromatic heterocycles. The Morgan fingerprint density at radius 1 is 1.39 bits per heavy atom. The Bertz CT molecular complexity index is 432. The summed E-state index contributed by atoms with van der Waals surface area (Å²) in [5.74, 6) is 1.50. The van der Waals surface area contributed by atoms with E-state index in [4.69, 9.17) is 5.73 Å². The van der Waals surface area contributed by atoms with E-state index in [0.29, 0.717) is 11.3 Å². The molecule has 0 bridgehead atoms. The summed E-state index contributed by atoms with van der Waals surface area (Å²) in [5.41, 5.74) is 7.95. The van der Waals surface area contributed by atoms with Crippen LogP contribution in [0.25, 0.3) is 0 Å². The molecule has 0 unspecified atom stereocenters. The maximum absolute atomic E-state index is 6.06. The fourth-order valence-corrected chi connectivity index (χ4v) is 4.14. The van der Waals surface area contributed by atoms with Crippen molar-refractivity contribution in [2.75, 3.05) is 23.7 Å². The molecule has 3 nitrogen and oxygen atoms in total. The van der Waals surface area contributed by atoms with Crippen LogP contribution in [0.1, 0.15) is 57.4 Å². The van der Waals surface area contributed by atoms with Gasteiger partial charge in [0.2, 0.25) is 0 Å². The van der Waals surface area contributed by atoms with Crippen molar-refractivity contribution in [3.8, 4) is 0 Å². The molecule has 1 saturated carbocycles. The second kappa shape index (κ2) is 4.41. The van der Waals surface area contributed by atoms with E-state index in [0.717, 1.165) is 5.82 Å². The van der Waals surface area contributed by atoms with E-state index >= 15 is 0 Å². The minimum atomic E-state index is 0.527. The zero-order valence-electron chi connectivity index (χ0n) is 11.4.